The molecule has 0 saturated carbocycles. The third-order valence-electron chi connectivity index (χ3n) is 0.654. The van der Waals surface area contributed by atoms with Crippen molar-refractivity contribution in [3.8, 4) is 0 Å². The molecule has 1 aromatic heterocycles. The van der Waals surface area contributed by atoms with Gasteiger partial charge in [-0.1, -0.05) is 0 Å². The number of aromatic nitrogens is 1. The van der Waals surface area contributed by atoms with Crippen molar-refractivity contribution in [2.75, 3.05) is 0 Å². The Morgan fingerprint density at radius 1 is 1.71 bits per heavy atom. The summed E-state index contributed by atoms with van der Waals surface area (Å²) in [6.07, 6.45) is 1.23. The van der Waals surface area contributed by atoms with E-state index in [1.807, 2.05) is 0 Å². The zero-order valence-electron chi connectivity index (χ0n) is 7.02. The Labute approximate surface area is 47.2 Å². The molecular weight excluding hydrogens is 86.1 g/mol. The molecule has 0 spiro atoms. The van der Waals surface area contributed by atoms with E-state index in [-0.39, 0.29) is 18.3 Å². The van der Waals surface area contributed by atoms with E-state index >= 15 is 0 Å². The fraction of sp³-hybridized carbons (Fsp3) is 0.167. The number of hydrogen-bond acceptors (Lipinski definition) is 1. The van der Waals surface area contributed by atoms with Gasteiger partial charge in [-0.05, 0) is 24.6 Å². The van der Waals surface area contributed by atoms with E-state index in [0.717, 1.165) is 0 Å². The van der Waals surface area contributed by atoms with Crippen LogP contribution in [0.25, 0.3) is 0 Å². The average Bonchev–Trinajstić information content (AvgIpc) is 1.93. The van der Waals surface area contributed by atoms with Gasteiger partial charge in [0.1, 0.15) is 0 Å². The van der Waals surface area contributed by atoms with Gasteiger partial charge in [-0.2, -0.15) is 0 Å². The molecule has 0 radical (unpaired) electrons. The van der Waals surface area contributed by atoms with Crippen molar-refractivity contribution in [1.82, 2.24) is 4.98 Å². The van der Waals surface area contributed by atoms with Crippen LogP contribution >= 0.6 is 0 Å². The highest BCUT2D eigenvalue weighted by molar-refractivity contribution is 5.05. The van der Waals surface area contributed by atoms with Crippen LogP contribution < -0.4 is 0 Å². The lowest BCUT2D eigenvalue weighted by atomic mass is 10.3. The summed E-state index contributed by atoms with van der Waals surface area (Å²) >= 11 is 0. The molecule has 1 heterocycles. The van der Waals surface area contributed by atoms with Crippen LogP contribution in [0.1, 0.15) is 9.68 Å². The highest BCUT2D eigenvalue weighted by atomic mass is 14.6. The van der Waals surface area contributed by atoms with Crippen molar-refractivity contribution < 1.29 is 4.11 Å². The van der Waals surface area contributed by atoms with Crippen LogP contribution in [-0.4, -0.2) is 4.98 Å². The summed E-state index contributed by atoms with van der Waals surface area (Å²) in [7, 11) is 0. The Kier molecular flexibility index (Phi) is 0.483. The standard InChI is InChI=1S/C6H7N/c1-6-2-4-7-5-3-6/h2-5H,1H3/i2D,3D,4D. The van der Waals surface area contributed by atoms with Crippen LogP contribution in [0, 0.1) is 6.92 Å². The van der Waals surface area contributed by atoms with E-state index in [2.05, 4.69) is 4.98 Å². The molecule has 0 aliphatic heterocycles. The normalized spacial score (nSPS) is 14.7. The molecule has 1 heteroatoms. The quantitative estimate of drug-likeness (QED) is 0.475. The molecule has 0 bridgehead atoms. The first kappa shape index (κ1) is 1.95. The second kappa shape index (κ2) is 1.73. The summed E-state index contributed by atoms with van der Waals surface area (Å²) in [4.78, 5) is 3.53. The molecule has 0 unspecified atom stereocenters. The monoisotopic (exact) mass is 96.1 g/mol. The van der Waals surface area contributed by atoms with Gasteiger partial charge in [-0.25, -0.2) is 0 Å². The van der Waals surface area contributed by atoms with Gasteiger partial charge < -0.3 is 0 Å². The van der Waals surface area contributed by atoms with Crippen LogP contribution in [0.5, 0.6) is 0 Å². The molecule has 0 N–H and O–H groups in total. The highest BCUT2D eigenvalue weighted by Gasteiger charge is 1.72. The fourth-order valence-electron chi connectivity index (χ4n) is 0.314. The van der Waals surface area contributed by atoms with Crippen molar-refractivity contribution >= 4 is 0 Å². The van der Waals surface area contributed by atoms with Gasteiger partial charge in [0, 0.05) is 12.4 Å². The Hall–Kier alpha value is -0.850. The van der Waals surface area contributed by atoms with E-state index in [1.54, 1.807) is 6.92 Å². The molecule has 0 amide bonds. The maximum Gasteiger partial charge on any atom is 0.0840 e. The largest absolute Gasteiger partial charge is 0.265 e. The molecule has 36 valence electrons. The predicted molar refractivity (Wildman–Crippen MR) is 29.0 cm³/mol. The van der Waals surface area contributed by atoms with E-state index in [9.17, 15) is 0 Å². The molecule has 0 aliphatic carbocycles. The summed E-state index contributed by atoms with van der Waals surface area (Å²) in [6, 6.07) is 0.272. The maximum atomic E-state index is 7.21. The van der Waals surface area contributed by atoms with Gasteiger partial charge in [0.15, 0.2) is 0 Å². The van der Waals surface area contributed by atoms with Crippen molar-refractivity contribution in [2.45, 2.75) is 6.92 Å². The SMILES string of the molecule is [2H]c1cnc([2H])c([2H])c1C. The second-order valence-electron chi connectivity index (χ2n) is 1.26. The van der Waals surface area contributed by atoms with Crippen molar-refractivity contribution in [1.29, 1.82) is 0 Å². The molecule has 0 saturated heterocycles. The molecule has 0 atom stereocenters. The highest BCUT2D eigenvalue weighted by Crippen LogP contribution is 1.88. The van der Waals surface area contributed by atoms with Gasteiger partial charge in [-0.3, -0.25) is 4.98 Å². The molecule has 0 aliphatic rings. The van der Waals surface area contributed by atoms with E-state index in [4.69, 9.17) is 4.11 Å². The first-order valence-corrected chi connectivity index (χ1v) is 2.02. The Morgan fingerprint density at radius 2 is 2.57 bits per heavy atom. The second-order valence-corrected chi connectivity index (χ2v) is 1.26. The predicted octanol–water partition coefficient (Wildman–Crippen LogP) is 1.39. The summed E-state index contributed by atoms with van der Waals surface area (Å²) in [5.41, 5.74) is 0.514. The van der Waals surface area contributed by atoms with E-state index in [0.29, 0.717) is 5.56 Å². The number of rotatable bonds is 0. The first-order valence-electron chi connectivity index (χ1n) is 3.52. The summed E-state index contributed by atoms with van der Waals surface area (Å²) in [5.74, 6) is 0. The van der Waals surface area contributed by atoms with Gasteiger partial charge in [0.2, 0.25) is 0 Å². The van der Waals surface area contributed by atoms with Gasteiger partial charge in [0.05, 0.1) is 4.11 Å². The molecule has 1 rings (SSSR count). The Morgan fingerprint density at radius 3 is 3.29 bits per heavy atom. The minimum Gasteiger partial charge on any atom is -0.265 e. The molecule has 0 fully saturated rings. The molecule has 1 aromatic rings. The third-order valence-corrected chi connectivity index (χ3v) is 0.654. The molecular formula is C6H7N. The lowest BCUT2D eigenvalue weighted by Crippen LogP contribution is -1.68. The zero-order valence-corrected chi connectivity index (χ0v) is 4.02. The summed E-state index contributed by atoms with van der Waals surface area (Å²) in [5, 5.41) is 0. The maximum absolute atomic E-state index is 7.21. The van der Waals surface area contributed by atoms with Crippen LogP contribution in [-0.2, 0) is 0 Å². The van der Waals surface area contributed by atoms with Crippen molar-refractivity contribution in [2.24, 2.45) is 0 Å². The van der Waals surface area contributed by atoms with Crippen LogP contribution in [0.15, 0.2) is 24.5 Å². The smallest absolute Gasteiger partial charge is 0.0840 e. The third kappa shape index (κ3) is 1.000. The Balaban J connectivity index is 3.34. The van der Waals surface area contributed by atoms with Gasteiger partial charge in [0.25, 0.3) is 0 Å². The van der Waals surface area contributed by atoms with E-state index < -0.39 is 0 Å². The summed E-state index contributed by atoms with van der Waals surface area (Å²) in [6.45, 7) is 1.64. The van der Waals surface area contributed by atoms with Crippen LogP contribution in [0.2, 0.25) is 0 Å². The lowest BCUT2D eigenvalue weighted by Gasteiger charge is -1.82. The summed E-state index contributed by atoms with van der Waals surface area (Å²) < 4.78 is 21.5. The lowest BCUT2D eigenvalue weighted by molar-refractivity contribution is 1.29. The number of pyridine rings is 1. The number of hydrogen-bond donors (Lipinski definition) is 0. The zero-order chi connectivity index (χ0) is 7.72. The van der Waals surface area contributed by atoms with Gasteiger partial charge in [-0.15, -0.1) is 0 Å². The molecule has 7 heavy (non-hydrogen) atoms. The fourth-order valence-corrected chi connectivity index (χ4v) is 0.314. The van der Waals surface area contributed by atoms with Gasteiger partial charge >= 0.3 is 0 Å². The van der Waals surface area contributed by atoms with Crippen LogP contribution in [0.4, 0.5) is 0 Å². The minimum absolute atomic E-state index is 0.0486. The van der Waals surface area contributed by atoms with E-state index in [1.165, 1.54) is 6.20 Å². The average molecular weight is 96.1 g/mol. The first-order chi connectivity index (χ1) is 4.63. The van der Waals surface area contributed by atoms with Crippen molar-refractivity contribution in [3.05, 3.63) is 30.0 Å². The minimum atomic E-state index is -0.0616. The molecule has 1 nitrogen and oxygen atoms in total. The topological polar surface area (TPSA) is 12.9 Å². The Bertz CT molecular complexity index is 232. The molecule has 0 aromatic carbocycles. The number of nitrogens with zero attached hydrogens (tertiary/aromatic N) is 1. The van der Waals surface area contributed by atoms with Crippen LogP contribution in [0.3, 0.4) is 0 Å². The van der Waals surface area contributed by atoms with Crippen molar-refractivity contribution in [3.63, 3.8) is 0 Å².